The fourth-order valence-electron chi connectivity index (χ4n) is 2.45. The highest BCUT2D eigenvalue weighted by atomic mass is 16.4. The van der Waals surface area contributed by atoms with Crippen LogP contribution in [-0.4, -0.2) is 30.1 Å². The normalized spacial score (nSPS) is 46.6. The van der Waals surface area contributed by atoms with Gasteiger partial charge in [-0.2, -0.15) is 0 Å². The fourth-order valence-corrected chi connectivity index (χ4v) is 2.45. The van der Waals surface area contributed by atoms with Crippen molar-refractivity contribution in [1.82, 2.24) is 0 Å². The lowest BCUT2D eigenvalue weighted by Crippen LogP contribution is -3.15. The third-order valence-corrected chi connectivity index (χ3v) is 3.26. The number of hydrogen-bond donors (Lipinski definition) is 2. The lowest BCUT2D eigenvalue weighted by atomic mass is 10.0. The first-order valence-corrected chi connectivity index (χ1v) is 4.34. The lowest BCUT2D eigenvalue weighted by molar-refractivity contribution is -0.917. The van der Waals surface area contributed by atoms with Crippen molar-refractivity contribution in [3.63, 3.8) is 0 Å². The summed E-state index contributed by atoms with van der Waals surface area (Å²) in [5, 5.41) is 11.9. The first-order chi connectivity index (χ1) is 5.31. The van der Waals surface area contributed by atoms with Gasteiger partial charge in [-0.1, -0.05) is 5.16 Å². The quantitative estimate of drug-likeness (QED) is 0.364. The highest BCUT2D eigenvalue weighted by Crippen LogP contribution is 2.19. The van der Waals surface area contributed by atoms with Crippen molar-refractivity contribution in [1.29, 1.82) is 0 Å². The minimum atomic E-state index is 0.736. The van der Waals surface area contributed by atoms with Crippen LogP contribution in [0, 0.1) is 0 Å². The van der Waals surface area contributed by atoms with E-state index in [0.29, 0.717) is 0 Å². The molecule has 3 atom stereocenters. The van der Waals surface area contributed by atoms with Crippen molar-refractivity contribution < 1.29 is 10.1 Å². The van der Waals surface area contributed by atoms with Gasteiger partial charge in [0, 0.05) is 25.7 Å². The Morgan fingerprint density at radius 2 is 1.91 bits per heavy atom. The Labute approximate surface area is 66.7 Å². The van der Waals surface area contributed by atoms with Gasteiger partial charge in [0.05, 0.1) is 24.8 Å². The highest BCUT2D eigenvalue weighted by Gasteiger charge is 2.40. The molecule has 3 nitrogen and oxygen atoms in total. The Hall–Kier alpha value is -0.570. The summed E-state index contributed by atoms with van der Waals surface area (Å²) in [7, 11) is 2.26. The van der Waals surface area contributed by atoms with E-state index in [2.05, 4.69) is 12.2 Å². The van der Waals surface area contributed by atoms with Crippen LogP contribution in [0.25, 0.3) is 0 Å². The zero-order valence-corrected chi connectivity index (χ0v) is 6.88. The van der Waals surface area contributed by atoms with E-state index in [0.717, 1.165) is 30.6 Å². The molecular formula is C8H15N2O+. The molecule has 62 valence electrons. The maximum atomic E-state index is 8.62. The van der Waals surface area contributed by atoms with Gasteiger partial charge in [-0.25, -0.2) is 0 Å². The predicted octanol–water partition coefficient (Wildman–Crippen LogP) is -0.344. The Morgan fingerprint density at radius 3 is 2.36 bits per heavy atom. The van der Waals surface area contributed by atoms with Crippen LogP contribution in [0.5, 0.6) is 0 Å². The van der Waals surface area contributed by atoms with E-state index < -0.39 is 0 Å². The van der Waals surface area contributed by atoms with Crippen molar-refractivity contribution in [3.05, 3.63) is 0 Å². The summed E-state index contributed by atoms with van der Waals surface area (Å²) >= 11 is 0. The molecule has 0 spiro atoms. The van der Waals surface area contributed by atoms with Gasteiger partial charge in [0.1, 0.15) is 0 Å². The summed E-state index contributed by atoms with van der Waals surface area (Å²) < 4.78 is 0. The molecule has 2 bridgehead atoms. The summed E-state index contributed by atoms with van der Waals surface area (Å²) in [5.41, 5.74) is 1.02. The van der Waals surface area contributed by atoms with Crippen LogP contribution in [-0.2, 0) is 0 Å². The predicted molar refractivity (Wildman–Crippen MR) is 42.2 cm³/mol. The number of quaternary nitrogens is 1. The van der Waals surface area contributed by atoms with Crippen molar-refractivity contribution in [2.45, 2.75) is 37.8 Å². The summed E-state index contributed by atoms with van der Waals surface area (Å²) in [4.78, 5) is 1.65. The first-order valence-electron chi connectivity index (χ1n) is 4.34. The molecule has 2 N–H and O–H groups in total. The summed E-state index contributed by atoms with van der Waals surface area (Å²) in [6.45, 7) is 0. The number of fused-ring (bicyclic) bond motifs is 2. The van der Waals surface area contributed by atoms with Crippen LogP contribution in [0.4, 0.5) is 0 Å². The summed E-state index contributed by atoms with van der Waals surface area (Å²) in [6, 6.07) is 1.47. The fraction of sp³-hybridized carbons (Fsp3) is 0.875. The average Bonchev–Trinajstić information content (AvgIpc) is 2.26. The molecule has 2 fully saturated rings. The molecule has 0 aliphatic carbocycles. The number of nitrogens with zero attached hydrogens (tertiary/aromatic N) is 1. The zero-order chi connectivity index (χ0) is 7.84. The second-order valence-electron chi connectivity index (χ2n) is 3.79. The van der Waals surface area contributed by atoms with Gasteiger partial charge < -0.3 is 10.1 Å². The molecule has 11 heavy (non-hydrogen) atoms. The van der Waals surface area contributed by atoms with E-state index >= 15 is 0 Å². The molecule has 0 aromatic rings. The van der Waals surface area contributed by atoms with E-state index in [-0.39, 0.29) is 0 Å². The molecule has 2 rings (SSSR count). The Bertz CT molecular complexity index is 175. The van der Waals surface area contributed by atoms with Gasteiger partial charge in [0.25, 0.3) is 0 Å². The average molecular weight is 155 g/mol. The van der Waals surface area contributed by atoms with Crippen LogP contribution < -0.4 is 4.90 Å². The lowest BCUT2D eigenvalue weighted by Gasteiger charge is -2.28. The highest BCUT2D eigenvalue weighted by molar-refractivity contribution is 5.85. The topological polar surface area (TPSA) is 37.0 Å². The van der Waals surface area contributed by atoms with Gasteiger partial charge >= 0.3 is 0 Å². The minimum Gasteiger partial charge on any atom is -0.411 e. The molecule has 2 heterocycles. The minimum absolute atomic E-state index is 0.736. The smallest absolute Gasteiger partial charge is 0.0931 e. The largest absolute Gasteiger partial charge is 0.411 e. The molecule has 0 aromatic carbocycles. The molecule has 0 aromatic heterocycles. The number of rotatable bonds is 0. The maximum absolute atomic E-state index is 8.62. The van der Waals surface area contributed by atoms with E-state index in [4.69, 9.17) is 5.21 Å². The van der Waals surface area contributed by atoms with Gasteiger partial charge in [0.15, 0.2) is 0 Å². The van der Waals surface area contributed by atoms with Crippen LogP contribution in [0.15, 0.2) is 5.16 Å². The van der Waals surface area contributed by atoms with Crippen molar-refractivity contribution in [3.8, 4) is 0 Å². The molecule has 2 aliphatic rings. The maximum Gasteiger partial charge on any atom is 0.0931 e. The van der Waals surface area contributed by atoms with Crippen LogP contribution >= 0.6 is 0 Å². The third-order valence-electron chi connectivity index (χ3n) is 3.26. The Kier molecular flexibility index (Phi) is 1.60. The molecule has 0 radical (unpaired) electrons. The van der Waals surface area contributed by atoms with Crippen molar-refractivity contribution >= 4 is 5.71 Å². The standard InChI is InChI=1S/C8H14N2O/c1-10-7-2-3-8(10)5-6(4-7)9-11/h7-8,11H,2-5H2,1H3/p+1/t7-,8+. The van der Waals surface area contributed by atoms with Gasteiger partial charge in [-0.05, 0) is 0 Å². The number of oxime groups is 1. The summed E-state index contributed by atoms with van der Waals surface area (Å²) in [6.07, 6.45) is 4.66. The second kappa shape index (κ2) is 2.48. The van der Waals surface area contributed by atoms with Gasteiger partial charge in [0.2, 0.25) is 0 Å². The molecular weight excluding hydrogens is 140 g/mol. The molecule has 2 saturated heterocycles. The molecule has 0 saturated carbocycles. The van der Waals surface area contributed by atoms with Crippen LogP contribution in [0.2, 0.25) is 0 Å². The molecule has 3 heteroatoms. The molecule has 0 amide bonds. The van der Waals surface area contributed by atoms with Crippen LogP contribution in [0.1, 0.15) is 25.7 Å². The molecule has 2 aliphatic heterocycles. The van der Waals surface area contributed by atoms with E-state index in [9.17, 15) is 0 Å². The zero-order valence-electron chi connectivity index (χ0n) is 6.88. The van der Waals surface area contributed by atoms with Gasteiger partial charge in [-0.3, -0.25) is 0 Å². The van der Waals surface area contributed by atoms with Crippen molar-refractivity contribution in [2.75, 3.05) is 7.05 Å². The first kappa shape index (κ1) is 7.10. The van der Waals surface area contributed by atoms with E-state index in [1.54, 1.807) is 4.90 Å². The number of hydrogen-bond acceptors (Lipinski definition) is 2. The van der Waals surface area contributed by atoms with Crippen molar-refractivity contribution in [2.24, 2.45) is 5.16 Å². The van der Waals surface area contributed by atoms with Crippen LogP contribution in [0.3, 0.4) is 0 Å². The van der Waals surface area contributed by atoms with Gasteiger partial charge in [-0.15, -0.1) is 0 Å². The monoisotopic (exact) mass is 155 g/mol. The summed E-state index contributed by atoms with van der Waals surface area (Å²) in [5.74, 6) is 0. The van der Waals surface area contributed by atoms with E-state index in [1.165, 1.54) is 12.8 Å². The number of piperidine rings is 1. The Morgan fingerprint density at radius 1 is 1.36 bits per heavy atom. The van der Waals surface area contributed by atoms with E-state index in [1.807, 2.05) is 0 Å². The molecule has 1 unspecified atom stereocenters. The second-order valence-corrected chi connectivity index (χ2v) is 3.79. The Balaban J connectivity index is 2.14. The number of nitrogens with one attached hydrogen (secondary N) is 1. The SMILES string of the molecule is C[NH+]1[C@@H]2CC[C@H]1CC(=NO)C2. The third kappa shape index (κ3) is 1.03.